The molecule has 2 rings (SSSR count). The van der Waals surface area contributed by atoms with Crippen LogP contribution in [-0.2, 0) is 6.42 Å². The van der Waals surface area contributed by atoms with Crippen LogP contribution in [0, 0.1) is 6.92 Å². The molecule has 5 heteroatoms. The highest BCUT2D eigenvalue weighted by Gasteiger charge is 2.07. The van der Waals surface area contributed by atoms with E-state index in [1.807, 2.05) is 0 Å². The molecule has 1 aromatic heterocycles. The lowest BCUT2D eigenvalue weighted by Gasteiger charge is -2.00. The van der Waals surface area contributed by atoms with Crippen molar-refractivity contribution in [1.29, 1.82) is 0 Å². The highest BCUT2D eigenvalue weighted by atomic mass is 79.9. The summed E-state index contributed by atoms with van der Waals surface area (Å²) in [4.78, 5) is 0. The highest BCUT2D eigenvalue weighted by Crippen LogP contribution is 2.27. The van der Waals surface area contributed by atoms with Crippen LogP contribution in [0.25, 0.3) is 10.6 Å². The first-order valence-corrected chi connectivity index (χ1v) is 8.60. The van der Waals surface area contributed by atoms with Crippen LogP contribution >= 0.6 is 27.3 Å². The Balaban J connectivity index is 1.94. The fourth-order valence-corrected chi connectivity index (χ4v) is 3.47. The average molecular weight is 354 g/mol. The van der Waals surface area contributed by atoms with Crippen molar-refractivity contribution < 1.29 is 0 Å². The fourth-order valence-electron chi connectivity index (χ4n) is 2.00. The lowest BCUT2D eigenvalue weighted by molar-refractivity contribution is 0.637. The molecular formula is C15H20BrN3S. The molecule has 0 aliphatic carbocycles. The molecule has 0 radical (unpaired) electrons. The third kappa shape index (κ3) is 4.65. The topological polar surface area (TPSA) is 37.8 Å². The highest BCUT2D eigenvalue weighted by molar-refractivity contribution is 9.10. The fraction of sp³-hybridized carbons (Fsp3) is 0.467. The van der Waals surface area contributed by atoms with Gasteiger partial charge in [-0.25, -0.2) is 0 Å². The third-order valence-electron chi connectivity index (χ3n) is 2.93. The SMILES string of the molecule is CCCNCCCc1nnc(-c2cc(C)cc(Br)c2)s1. The second-order valence-electron chi connectivity index (χ2n) is 4.87. The van der Waals surface area contributed by atoms with Crippen LogP contribution in [0.4, 0.5) is 0 Å². The largest absolute Gasteiger partial charge is 0.317 e. The molecule has 1 heterocycles. The van der Waals surface area contributed by atoms with Gasteiger partial charge in [-0.1, -0.05) is 34.2 Å². The van der Waals surface area contributed by atoms with E-state index < -0.39 is 0 Å². The normalized spacial score (nSPS) is 10.9. The predicted molar refractivity (Wildman–Crippen MR) is 89.3 cm³/mol. The zero-order valence-corrected chi connectivity index (χ0v) is 14.4. The lowest BCUT2D eigenvalue weighted by atomic mass is 10.1. The van der Waals surface area contributed by atoms with Gasteiger partial charge in [0.25, 0.3) is 0 Å². The number of hydrogen-bond acceptors (Lipinski definition) is 4. The van der Waals surface area contributed by atoms with Gasteiger partial charge in [0, 0.05) is 16.5 Å². The molecule has 1 N–H and O–H groups in total. The Labute approximate surface area is 133 Å². The van der Waals surface area contributed by atoms with E-state index in [9.17, 15) is 0 Å². The Morgan fingerprint density at radius 3 is 2.80 bits per heavy atom. The minimum atomic E-state index is 1.00. The van der Waals surface area contributed by atoms with E-state index in [2.05, 4.69) is 63.5 Å². The van der Waals surface area contributed by atoms with Crippen molar-refractivity contribution in [2.45, 2.75) is 33.1 Å². The molecular weight excluding hydrogens is 334 g/mol. The maximum atomic E-state index is 4.31. The molecule has 20 heavy (non-hydrogen) atoms. The molecule has 0 saturated heterocycles. The van der Waals surface area contributed by atoms with Crippen LogP contribution in [0.5, 0.6) is 0 Å². The molecule has 0 saturated carbocycles. The van der Waals surface area contributed by atoms with E-state index in [0.29, 0.717) is 0 Å². The average Bonchev–Trinajstić information content (AvgIpc) is 2.86. The van der Waals surface area contributed by atoms with Crippen molar-refractivity contribution in [2.75, 3.05) is 13.1 Å². The molecule has 1 aromatic carbocycles. The van der Waals surface area contributed by atoms with Gasteiger partial charge >= 0.3 is 0 Å². The quantitative estimate of drug-likeness (QED) is 0.757. The number of aromatic nitrogens is 2. The molecule has 3 nitrogen and oxygen atoms in total. The van der Waals surface area contributed by atoms with Gasteiger partial charge in [-0.2, -0.15) is 0 Å². The van der Waals surface area contributed by atoms with Crippen LogP contribution in [0.3, 0.4) is 0 Å². The first-order chi connectivity index (χ1) is 9.69. The van der Waals surface area contributed by atoms with Crippen LogP contribution in [0.1, 0.15) is 30.3 Å². The zero-order chi connectivity index (χ0) is 14.4. The summed E-state index contributed by atoms with van der Waals surface area (Å²) < 4.78 is 1.09. The first kappa shape index (κ1) is 15.6. The Bertz CT molecular complexity index is 534. The van der Waals surface area contributed by atoms with Crippen LogP contribution < -0.4 is 5.32 Å². The van der Waals surface area contributed by atoms with Gasteiger partial charge in [0.05, 0.1) is 0 Å². The van der Waals surface area contributed by atoms with Gasteiger partial charge in [-0.15, -0.1) is 10.2 Å². The summed E-state index contributed by atoms with van der Waals surface area (Å²) in [5.74, 6) is 0. The van der Waals surface area contributed by atoms with Crippen molar-refractivity contribution in [3.63, 3.8) is 0 Å². The molecule has 0 bridgehead atoms. The first-order valence-electron chi connectivity index (χ1n) is 6.99. The number of hydrogen-bond donors (Lipinski definition) is 1. The monoisotopic (exact) mass is 353 g/mol. The smallest absolute Gasteiger partial charge is 0.147 e. The van der Waals surface area contributed by atoms with E-state index in [-0.39, 0.29) is 0 Å². The maximum absolute atomic E-state index is 4.31. The van der Waals surface area contributed by atoms with E-state index in [0.717, 1.165) is 46.0 Å². The number of halogens is 1. The lowest BCUT2D eigenvalue weighted by Crippen LogP contribution is -2.16. The molecule has 0 fully saturated rings. The number of rotatable bonds is 7. The Morgan fingerprint density at radius 2 is 2.05 bits per heavy atom. The number of nitrogens with zero attached hydrogens (tertiary/aromatic N) is 2. The van der Waals surface area contributed by atoms with Gasteiger partial charge in [0.15, 0.2) is 0 Å². The summed E-state index contributed by atoms with van der Waals surface area (Å²) in [7, 11) is 0. The molecule has 0 unspecified atom stereocenters. The molecule has 0 aliphatic rings. The van der Waals surface area contributed by atoms with Crippen LogP contribution in [-0.4, -0.2) is 23.3 Å². The van der Waals surface area contributed by atoms with Gasteiger partial charge < -0.3 is 5.32 Å². The Hall–Kier alpha value is -0.780. The van der Waals surface area contributed by atoms with Crippen molar-refractivity contribution in [2.24, 2.45) is 0 Å². The summed E-state index contributed by atoms with van der Waals surface area (Å²) in [5, 5.41) is 14.1. The predicted octanol–water partition coefficient (Wildman–Crippen LogP) is 4.21. The van der Waals surface area contributed by atoms with Crippen molar-refractivity contribution in [1.82, 2.24) is 15.5 Å². The number of aryl methyl sites for hydroxylation is 2. The summed E-state index contributed by atoms with van der Waals surface area (Å²) in [6.45, 7) is 6.43. The minimum Gasteiger partial charge on any atom is -0.317 e. The number of benzene rings is 1. The van der Waals surface area contributed by atoms with Crippen LogP contribution in [0.15, 0.2) is 22.7 Å². The van der Waals surface area contributed by atoms with E-state index in [1.54, 1.807) is 11.3 Å². The van der Waals surface area contributed by atoms with E-state index >= 15 is 0 Å². The molecule has 0 spiro atoms. The molecule has 0 aliphatic heterocycles. The second kappa shape index (κ2) is 7.86. The summed E-state index contributed by atoms with van der Waals surface area (Å²) in [5.41, 5.74) is 2.37. The molecule has 2 aromatic rings. The van der Waals surface area contributed by atoms with Gasteiger partial charge in [-0.05, 0) is 56.6 Å². The maximum Gasteiger partial charge on any atom is 0.147 e. The van der Waals surface area contributed by atoms with E-state index in [1.165, 1.54) is 12.0 Å². The third-order valence-corrected chi connectivity index (χ3v) is 4.42. The summed E-state index contributed by atoms with van der Waals surface area (Å²) in [6, 6.07) is 6.35. The van der Waals surface area contributed by atoms with Crippen molar-refractivity contribution in [3.05, 3.63) is 33.2 Å². The Morgan fingerprint density at radius 1 is 1.20 bits per heavy atom. The summed E-state index contributed by atoms with van der Waals surface area (Å²) in [6.07, 6.45) is 3.30. The number of nitrogens with one attached hydrogen (secondary N) is 1. The second-order valence-corrected chi connectivity index (χ2v) is 6.85. The molecule has 0 amide bonds. The van der Waals surface area contributed by atoms with Crippen molar-refractivity contribution >= 4 is 27.3 Å². The zero-order valence-electron chi connectivity index (χ0n) is 11.9. The van der Waals surface area contributed by atoms with Gasteiger partial charge in [-0.3, -0.25) is 0 Å². The Kier molecular flexibility index (Phi) is 6.13. The summed E-state index contributed by atoms with van der Waals surface area (Å²) >= 11 is 5.23. The van der Waals surface area contributed by atoms with Crippen molar-refractivity contribution in [3.8, 4) is 10.6 Å². The van der Waals surface area contributed by atoms with E-state index in [4.69, 9.17) is 0 Å². The van der Waals surface area contributed by atoms with Gasteiger partial charge in [0.2, 0.25) is 0 Å². The molecule has 108 valence electrons. The minimum absolute atomic E-state index is 1.00. The van der Waals surface area contributed by atoms with Gasteiger partial charge in [0.1, 0.15) is 10.0 Å². The standard InChI is InChI=1S/C15H20BrN3S/c1-3-6-17-7-4-5-14-18-19-15(20-14)12-8-11(2)9-13(16)10-12/h8-10,17H,3-7H2,1-2H3. The molecule has 0 atom stereocenters. The van der Waals surface area contributed by atoms with Crippen LogP contribution in [0.2, 0.25) is 0 Å².